The maximum absolute atomic E-state index is 14.0. The number of carbonyl (C=O) groups is 2. The lowest BCUT2D eigenvalue weighted by Crippen LogP contribution is -2.57. The molecule has 2 aromatic rings. The number of carbonyl (C=O) groups excluding carboxylic acids is 2. The molecule has 2 atom stereocenters. The fourth-order valence-corrected chi connectivity index (χ4v) is 7.15. The van der Waals surface area contributed by atoms with E-state index >= 15 is 0 Å². The van der Waals surface area contributed by atoms with Crippen molar-refractivity contribution in [2.45, 2.75) is 62.5 Å². The molecule has 3 aliphatic rings. The predicted molar refractivity (Wildman–Crippen MR) is 152 cm³/mol. The Morgan fingerprint density at radius 2 is 1.39 bits per heavy atom. The molecule has 0 radical (unpaired) electrons. The molecule has 2 amide bonds. The minimum Gasteiger partial charge on any atom is -0.371 e. The summed E-state index contributed by atoms with van der Waals surface area (Å²) in [7, 11) is 0. The molecule has 3 saturated heterocycles. The molecule has 3 aliphatic heterocycles. The van der Waals surface area contributed by atoms with E-state index in [0.29, 0.717) is 31.8 Å². The van der Waals surface area contributed by atoms with Crippen LogP contribution >= 0.6 is 11.6 Å². The minimum absolute atomic E-state index is 0.0257. The highest BCUT2D eigenvalue weighted by Gasteiger charge is 2.62. The van der Waals surface area contributed by atoms with Gasteiger partial charge in [0, 0.05) is 44.0 Å². The maximum atomic E-state index is 14.0. The molecular weight excluding hydrogens is 612 g/mol. The summed E-state index contributed by atoms with van der Waals surface area (Å²) in [6.07, 6.45) is -6.87. The Morgan fingerprint density at radius 1 is 0.795 bits per heavy atom. The first-order valence-corrected chi connectivity index (χ1v) is 15.2. The van der Waals surface area contributed by atoms with Crippen LogP contribution in [0.5, 0.6) is 0 Å². The van der Waals surface area contributed by atoms with Gasteiger partial charge in [-0.2, -0.15) is 26.3 Å². The van der Waals surface area contributed by atoms with Crippen LogP contribution in [-0.2, 0) is 10.4 Å². The topological polar surface area (TPSA) is 64.1 Å². The Kier molecular flexibility index (Phi) is 9.15. The van der Waals surface area contributed by atoms with Crippen molar-refractivity contribution in [2.75, 3.05) is 37.6 Å². The van der Waals surface area contributed by atoms with Gasteiger partial charge in [-0.05, 0) is 68.6 Å². The van der Waals surface area contributed by atoms with Crippen molar-refractivity contribution in [1.82, 2.24) is 9.80 Å². The Morgan fingerprint density at radius 3 is 1.93 bits per heavy atom. The molecule has 0 spiro atoms. The smallest absolute Gasteiger partial charge is 0.371 e. The lowest BCUT2D eigenvalue weighted by Gasteiger charge is -2.42. The number of benzene rings is 2. The second kappa shape index (κ2) is 12.4. The number of anilines is 1. The summed E-state index contributed by atoms with van der Waals surface area (Å²) in [5.74, 6) is -1.59. The molecule has 0 saturated carbocycles. The molecule has 13 heteroatoms. The first-order chi connectivity index (χ1) is 20.7. The highest BCUT2D eigenvalue weighted by atomic mass is 35.5. The van der Waals surface area contributed by atoms with Crippen molar-refractivity contribution < 1.29 is 41.0 Å². The van der Waals surface area contributed by atoms with E-state index < -0.39 is 41.4 Å². The molecule has 0 bridgehead atoms. The largest absolute Gasteiger partial charge is 0.430 e. The van der Waals surface area contributed by atoms with Crippen LogP contribution in [0.1, 0.15) is 54.4 Å². The summed E-state index contributed by atoms with van der Waals surface area (Å²) in [6, 6.07) is 9.36. The Labute approximate surface area is 256 Å². The summed E-state index contributed by atoms with van der Waals surface area (Å²) in [6.45, 7) is 1.59. The zero-order valence-electron chi connectivity index (χ0n) is 23.9. The highest BCUT2D eigenvalue weighted by Crippen LogP contribution is 2.42. The number of hydrogen-bond donors (Lipinski definition) is 1. The van der Waals surface area contributed by atoms with Gasteiger partial charge in [0.05, 0.1) is 10.6 Å². The van der Waals surface area contributed by atoms with E-state index in [-0.39, 0.29) is 49.0 Å². The van der Waals surface area contributed by atoms with Crippen LogP contribution in [0.4, 0.5) is 32.0 Å². The van der Waals surface area contributed by atoms with Crippen molar-refractivity contribution in [3.63, 3.8) is 0 Å². The SMILES string of the molecule is O=C(c1ccc(N2CCC(C3CCN(C(=O)[C@](O)(c4ccccc4)C(F)(F)F)CC3)CC2)cc1Cl)N1CCCC1C(F)(F)F. The van der Waals surface area contributed by atoms with Crippen LogP contribution < -0.4 is 4.90 Å². The predicted octanol–water partition coefficient (Wildman–Crippen LogP) is 6.41. The molecule has 0 aromatic heterocycles. The van der Waals surface area contributed by atoms with Crippen molar-refractivity contribution in [3.8, 4) is 0 Å². The van der Waals surface area contributed by atoms with E-state index in [1.165, 1.54) is 24.3 Å². The molecule has 1 N–H and O–H groups in total. The molecule has 1 unspecified atom stereocenters. The van der Waals surface area contributed by atoms with Crippen LogP contribution in [0.2, 0.25) is 5.02 Å². The number of amides is 2. The lowest BCUT2D eigenvalue weighted by atomic mass is 9.78. The third-order valence-electron chi connectivity index (χ3n) is 9.38. The number of nitrogens with zero attached hydrogens (tertiary/aromatic N) is 3. The van der Waals surface area contributed by atoms with E-state index in [1.54, 1.807) is 12.1 Å². The van der Waals surface area contributed by atoms with Gasteiger partial charge in [0.25, 0.3) is 17.4 Å². The molecular formula is C31H34ClF6N3O3. The molecule has 5 rings (SSSR count). The summed E-state index contributed by atoms with van der Waals surface area (Å²) in [5, 5.41) is 10.8. The summed E-state index contributed by atoms with van der Waals surface area (Å²) < 4.78 is 82.1. The quantitative estimate of drug-likeness (QED) is 0.382. The van der Waals surface area contributed by atoms with Crippen LogP contribution in [0.15, 0.2) is 48.5 Å². The zero-order chi connectivity index (χ0) is 31.9. The van der Waals surface area contributed by atoms with Gasteiger partial charge in [-0.15, -0.1) is 0 Å². The van der Waals surface area contributed by atoms with Gasteiger partial charge in [0.1, 0.15) is 6.04 Å². The molecule has 240 valence electrons. The molecule has 6 nitrogen and oxygen atoms in total. The van der Waals surface area contributed by atoms with Crippen LogP contribution in [0.25, 0.3) is 0 Å². The molecule has 3 heterocycles. The Bertz CT molecular complexity index is 1340. The summed E-state index contributed by atoms with van der Waals surface area (Å²) >= 11 is 6.40. The number of halogens is 7. The Balaban J connectivity index is 1.16. The zero-order valence-corrected chi connectivity index (χ0v) is 24.6. The average Bonchev–Trinajstić information content (AvgIpc) is 3.51. The normalized spacial score (nSPS) is 22.3. The number of aliphatic hydroxyl groups is 1. The fourth-order valence-electron chi connectivity index (χ4n) is 6.90. The maximum Gasteiger partial charge on any atom is 0.430 e. The van der Waals surface area contributed by atoms with Crippen molar-refractivity contribution in [3.05, 3.63) is 64.7 Å². The third kappa shape index (κ3) is 6.24. The van der Waals surface area contributed by atoms with Gasteiger partial charge in [-0.25, -0.2) is 0 Å². The average molecular weight is 646 g/mol. The van der Waals surface area contributed by atoms with E-state index in [2.05, 4.69) is 4.90 Å². The highest BCUT2D eigenvalue weighted by molar-refractivity contribution is 6.34. The van der Waals surface area contributed by atoms with E-state index in [1.807, 2.05) is 0 Å². The van der Waals surface area contributed by atoms with E-state index in [0.717, 1.165) is 40.5 Å². The summed E-state index contributed by atoms with van der Waals surface area (Å²) in [4.78, 5) is 30.0. The lowest BCUT2D eigenvalue weighted by molar-refractivity contribution is -0.262. The number of hydrogen-bond acceptors (Lipinski definition) is 4. The van der Waals surface area contributed by atoms with Crippen molar-refractivity contribution in [2.24, 2.45) is 11.8 Å². The van der Waals surface area contributed by atoms with Gasteiger partial charge in [-0.3, -0.25) is 9.59 Å². The standard InChI is InChI=1S/C31H34ClF6N3O3/c32-25-19-23(8-9-24(25)27(42)41-14-4-7-26(41)30(33,34)35)39-15-10-20(11-16-39)21-12-17-40(18-13-21)28(43)29(44,31(36,37)38)22-5-2-1-3-6-22/h1-3,5-6,8-9,19-21,26,44H,4,7,10-18H2/t26?,29-/m1/s1. The second-order valence-electron chi connectivity index (χ2n) is 11.9. The van der Waals surface area contributed by atoms with Gasteiger partial charge in [-0.1, -0.05) is 41.9 Å². The number of alkyl halides is 6. The number of rotatable bonds is 5. The van der Waals surface area contributed by atoms with Crippen LogP contribution in [-0.4, -0.2) is 77.8 Å². The number of piperidine rings is 2. The van der Waals surface area contributed by atoms with Crippen LogP contribution in [0.3, 0.4) is 0 Å². The van der Waals surface area contributed by atoms with Crippen molar-refractivity contribution >= 4 is 29.1 Å². The summed E-state index contributed by atoms with van der Waals surface area (Å²) in [5.41, 5.74) is -3.33. The van der Waals surface area contributed by atoms with Crippen LogP contribution in [0, 0.1) is 11.8 Å². The minimum atomic E-state index is -5.18. The van der Waals surface area contributed by atoms with E-state index in [4.69, 9.17) is 11.6 Å². The fraction of sp³-hybridized carbons (Fsp3) is 0.548. The van der Waals surface area contributed by atoms with Gasteiger partial charge in [0.2, 0.25) is 0 Å². The van der Waals surface area contributed by atoms with E-state index in [9.17, 15) is 41.0 Å². The number of likely N-dealkylation sites (tertiary alicyclic amines) is 2. The monoisotopic (exact) mass is 645 g/mol. The first kappa shape index (κ1) is 32.4. The second-order valence-corrected chi connectivity index (χ2v) is 12.3. The van der Waals surface area contributed by atoms with Crippen molar-refractivity contribution in [1.29, 1.82) is 0 Å². The molecule has 0 aliphatic carbocycles. The Hall–Kier alpha value is -2.99. The first-order valence-electron chi connectivity index (χ1n) is 14.8. The third-order valence-corrected chi connectivity index (χ3v) is 9.70. The van der Waals surface area contributed by atoms with Gasteiger partial charge < -0.3 is 19.8 Å². The van der Waals surface area contributed by atoms with Gasteiger partial charge in [0.15, 0.2) is 0 Å². The van der Waals surface area contributed by atoms with Gasteiger partial charge >= 0.3 is 12.4 Å². The molecule has 2 aromatic carbocycles. The molecule has 44 heavy (non-hydrogen) atoms. The molecule has 3 fully saturated rings.